The van der Waals surface area contributed by atoms with Gasteiger partial charge in [0.15, 0.2) is 17.5 Å². The molecular weight excluding hydrogens is 340 g/mol. The molecule has 112 valence electrons. The van der Waals surface area contributed by atoms with E-state index in [2.05, 4.69) is 45.1 Å². The molecule has 0 saturated carbocycles. The van der Waals surface area contributed by atoms with E-state index in [1.165, 1.54) is 6.07 Å². The van der Waals surface area contributed by atoms with E-state index >= 15 is 0 Å². The first kappa shape index (κ1) is 16.0. The van der Waals surface area contributed by atoms with E-state index in [0.29, 0.717) is 23.9 Å². The highest BCUT2D eigenvalue weighted by atomic mass is 79.9. The van der Waals surface area contributed by atoms with Crippen molar-refractivity contribution in [3.63, 3.8) is 0 Å². The van der Waals surface area contributed by atoms with Crippen molar-refractivity contribution in [2.45, 2.75) is 20.4 Å². The first-order chi connectivity index (χ1) is 9.99. The standard InChI is InChI=1S/C15H16BrF2N3/c1-9(2)5-19-6-10-7-20-15(21-8-10)11-3-4-12(17)14(18)13(11)16/h3-4,7-9,19H,5-6H2,1-2H3. The molecule has 0 aliphatic heterocycles. The number of hydrogen-bond donors (Lipinski definition) is 1. The molecule has 1 aromatic heterocycles. The van der Waals surface area contributed by atoms with Crippen LogP contribution in [0.25, 0.3) is 11.4 Å². The predicted molar refractivity (Wildman–Crippen MR) is 81.6 cm³/mol. The van der Waals surface area contributed by atoms with Gasteiger partial charge in [0.1, 0.15) is 0 Å². The molecule has 0 bridgehead atoms. The van der Waals surface area contributed by atoms with Gasteiger partial charge < -0.3 is 5.32 Å². The van der Waals surface area contributed by atoms with E-state index in [1.54, 1.807) is 12.4 Å². The molecule has 0 amide bonds. The van der Waals surface area contributed by atoms with Gasteiger partial charge in [0.25, 0.3) is 0 Å². The lowest BCUT2D eigenvalue weighted by Crippen LogP contribution is -2.19. The number of benzene rings is 1. The summed E-state index contributed by atoms with van der Waals surface area (Å²) in [5, 5.41) is 3.29. The zero-order valence-corrected chi connectivity index (χ0v) is 13.4. The fourth-order valence-corrected chi connectivity index (χ4v) is 2.29. The zero-order valence-electron chi connectivity index (χ0n) is 11.8. The maximum atomic E-state index is 13.5. The molecule has 2 aromatic rings. The highest BCUT2D eigenvalue weighted by molar-refractivity contribution is 9.10. The van der Waals surface area contributed by atoms with E-state index in [0.717, 1.165) is 18.2 Å². The highest BCUT2D eigenvalue weighted by Gasteiger charge is 2.14. The SMILES string of the molecule is CC(C)CNCc1cnc(-c2ccc(F)c(F)c2Br)nc1. The third-order valence-electron chi connectivity index (χ3n) is 2.86. The number of nitrogens with zero attached hydrogens (tertiary/aromatic N) is 2. The monoisotopic (exact) mass is 355 g/mol. The number of rotatable bonds is 5. The lowest BCUT2D eigenvalue weighted by molar-refractivity contribution is 0.504. The molecule has 0 aliphatic carbocycles. The van der Waals surface area contributed by atoms with Gasteiger partial charge in [-0.2, -0.15) is 0 Å². The Morgan fingerprint density at radius 3 is 2.48 bits per heavy atom. The zero-order chi connectivity index (χ0) is 15.4. The summed E-state index contributed by atoms with van der Waals surface area (Å²) in [4.78, 5) is 8.42. The fraction of sp³-hybridized carbons (Fsp3) is 0.333. The van der Waals surface area contributed by atoms with Gasteiger partial charge in [0, 0.05) is 30.1 Å². The predicted octanol–water partition coefficient (Wildman–Crippen LogP) is 3.93. The summed E-state index contributed by atoms with van der Waals surface area (Å²) in [6.07, 6.45) is 3.37. The van der Waals surface area contributed by atoms with Gasteiger partial charge in [-0.15, -0.1) is 0 Å². The molecule has 6 heteroatoms. The van der Waals surface area contributed by atoms with E-state index in [9.17, 15) is 8.78 Å². The van der Waals surface area contributed by atoms with Gasteiger partial charge in [-0.3, -0.25) is 0 Å². The largest absolute Gasteiger partial charge is 0.312 e. The Balaban J connectivity index is 2.14. The number of aromatic nitrogens is 2. The second-order valence-electron chi connectivity index (χ2n) is 5.16. The summed E-state index contributed by atoms with van der Waals surface area (Å²) < 4.78 is 26.6. The van der Waals surface area contributed by atoms with Crippen LogP contribution in [-0.2, 0) is 6.54 Å². The summed E-state index contributed by atoms with van der Waals surface area (Å²) in [6, 6.07) is 2.52. The second-order valence-corrected chi connectivity index (χ2v) is 5.96. The van der Waals surface area contributed by atoms with Crippen LogP contribution < -0.4 is 5.32 Å². The van der Waals surface area contributed by atoms with Gasteiger partial charge in [0.2, 0.25) is 0 Å². The van der Waals surface area contributed by atoms with Crippen LogP contribution in [0.15, 0.2) is 29.0 Å². The fourth-order valence-electron chi connectivity index (χ4n) is 1.79. The van der Waals surface area contributed by atoms with Crippen molar-refractivity contribution in [2.24, 2.45) is 5.92 Å². The van der Waals surface area contributed by atoms with Crippen molar-refractivity contribution in [2.75, 3.05) is 6.54 Å². The van der Waals surface area contributed by atoms with E-state index < -0.39 is 11.6 Å². The van der Waals surface area contributed by atoms with Crippen LogP contribution >= 0.6 is 15.9 Å². The quantitative estimate of drug-likeness (QED) is 0.825. The van der Waals surface area contributed by atoms with Crippen LogP contribution in [0.2, 0.25) is 0 Å². The summed E-state index contributed by atoms with van der Waals surface area (Å²) in [5.41, 5.74) is 1.37. The normalized spacial score (nSPS) is 11.1. The first-order valence-corrected chi connectivity index (χ1v) is 7.44. The molecule has 21 heavy (non-hydrogen) atoms. The van der Waals surface area contributed by atoms with Gasteiger partial charge >= 0.3 is 0 Å². The molecule has 0 spiro atoms. The number of nitrogens with one attached hydrogen (secondary N) is 1. The van der Waals surface area contributed by atoms with Crippen LogP contribution in [0.1, 0.15) is 19.4 Å². The molecule has 1 aromatic carbocycles. The molecule has 0 unspecified atom stereocenters. The Morgan fingerprint density at radius 2 is 1.86 bits per heavy atom. The molecule has 3 nitrogen and oxygen atoms in total. The Morgan fingerprint density at radius 1 is 1.19 bits per heavy atom. The molecule has 0 fully saturated rings. The lowest BCUT2D eigenvalue weighted by Gasteiger charge is -2.08. The summed E-state index contributed by atoms with van der Waals surface area (Å²) in [6.45, 7) is 5.86. The van der Waals surface area contributed by atoms with Crippen LogP contribution in [0.3, 0.4) is 0 Å². The second kappa shape index (κ2) is 7.04. The van der Waals surface area contributed by atoms with Crippen LogP contribution in [0.4, 0.5) is 8.78 Å². The van der Waals surface area contributed by atoms with Crippen molar-refractivity contribution < 1.29 is 8.78 Å². The Hall–Kier alpha value is -1.40. The average Bonchev–Trinajstić information content (AvgIpc) is 2.46. The maximum absolute atomic E-state index is 13.5. The third kappa shape index (κ3) is 4.04. The van der Waals surface area contributed by atoms with Gasteiger partial charge in [-0.1, -0.05) is 13.8 Å². The van der Waals surface area contributed by atoms with Crippen molar-refractivity contribution in [1.29, 1.82) is 0 Å². The van der Waals surface area contributed by atoms with Crippen molar-refractivity contribution in [3.8, 4) is 11.4 Å². The average molecular weight is 356 g/mol. The van der Waals surface area contributed by atoms with Crippen LogP contribution in [0, 0.1) is 17.6 Å². The van der Waals surface area contributed by atoms with E-state index in [4.69, 9.17) is 0 Å². The van der Waals surface area contributed by atoms with E-state index in [-0.39, 0.29) is 4.47 Å². The minimum atomic E-state index is -0.932. The van der Waals surface area contributed by atoms with Gasteiger partial charge in [-0.05, 0) is 40.5 Å². The molecule has 1 heterocycles. The van der Waals surface area contributed by atoms with Crippen LogP contribution in [0.5, 0.6) is 0 Å². The van der Waals surface area contributed by atoms with Gasteiger partial charge in [-0.25, -0.2) is 18.7 Å². The Bertz CT molecular complexity index is 615. The minimum absolute atomic E-state index is 0.0354. The smallest absolute Gasteiger partial charge is 0.173 e. The minimum Gasteiger partial charge on any atom is -0.312 e. The number of halogens is 3. The third-order valence-corrected chi connectivity index (χ3v) is 3.64. The molecule has 1 N–H and O–H groups in total. The van der Waals surface area contributed by atoms with Gasteiger partial charge in [0.05, 0.1) is 4.47 Å². The topological polar surface area (TPSA) is 37.8 Å². The Labute approximate surface area is 131 Å². The van der Waals surface area contributed by atoms with E-state index in [1.807, 2.05) is 0 Å². The molecular formula is C15H16BrF2N3. The molecule has 2 rings (SSSR count). The molecule has 0 radical (unpaired) electrons. The summed E-state index contributed by atoms with van der Waals surface area (Å²) in [7, 11) is 0. The summed E-state index contributed by atoms with van der Waals surface area (Å²) in [5.74, 6) is -0.907. The van der Waals surface area contributed by atoms with Crippen molar-refractivity contribution in [1.82, 2.24) is 15.3 Å². The summed E-state index contributed by atoms with van der Waals surface area (Å²) >= 11 is 3.04. The highest BCUT2D eigenvalue weighted by Crippen LogP contribution is 2.29. The van der Waals surface area contributed by atoms with Crippen LogP contribution in [-0.4, -0.2) is 16.5 Å². The lowest BCUT2D eigenvalue weighted by atomic mass is 10.2. The Kier molecular flexibility index (Phi) is 5.36. The molecule has 0 saturated heterocycles. The molecule has 0 aliphatic rings. The van der Waals surface area contributed by atoms with Crippen molar-refractivity contribution >= 4 is 15.9 Å². The molecule has 0 atom stereocenters. The van der Waals surface area contributed by atoms with Crippen molar-refractivity contribution in [3.05, 3.63) is 46.2 Å². The number of hydrogen-bond acceptors (Lipinski definition) is 3. The first-order valence-electron chi connectivity index (χ1n) is 6.64. The maximum Gasteiger partial charge on any atom is 0.173 e.